The van der Waals surface area contributed by atoms with Gasteiger partial charge in [-0.1, -0.05) is 61.5 Å². The fourth-order valence-electron chi connectivity index (χ4n) is 5.03. The molecule has 4 nitrogen and oxygen atoms in total. The second-order valence-corrected chi connectivity index (χ2v) is 9.19. The molecule has 1 aliphatic rings. The molecule has 0 amide bonds. The third kappa shape index (κ3) is 5.17. The minimum absolute atomic E-state index is 0. The van der Waals surface area contributed by atoms with Crippen LogP contribution in [0.5, 0.6) is 5.75 Å². The first-order valence-corrected chi connectivity index (χ1v) is 12.0. The molecule has 1 unspecified atom stereocenters. The lowest BCUT2D eigenvalue weighted by Crippen LogP contribution is -2.37. The number of fused-ring (bicyclic) bond motifs is 2. The van der Waals surface area contributed by atoms with Crippen LogP contribution in [0.2, 0.25) is 0 Å². The zero-order chi connectivity index (χ0) is 24.4. The van der Waals surface area contributed by atoms with Gasteiger partial charge in [0.25, 0.3) is 0 Å². The maximum atomic E-state index is 14.0. The van der Waals surface area contributed by atoms with E-state index in [1.54, 1.807) is 6.07 Å². The summed E-state index contributed by atoms with van der Waals surface area (Å²) < 4.78 is 20.3. The van der Waals surface area contributed by atoms with Crippen LogP contribution in [-0.4, -0.2) is 23.7 Å². The number of carboxylic acids is 1. The Morgan fingerprint density at radius 3 is 2.64 bits per heavy atom. The Morgan fingerprint density at radius 2 is 1.81 bits per heavy atom. The molecule has 1 aliphatic heterocycles. The molecule has 36 heavy (non-hydrogen) atoms. The van der Waals surface area contributed by atoms with E-state index in [-0.39, 0.29) is 24.1 Å². The predicted molar refractivity (Wildman–Crippen MR) is 145 cm³/mol. The van der Waals surface area contributed by atoms with Crippen molar-refractivity contribution in [3.05, 3.63) is 102 Å². The van der Waals surface area contributed by atoms with Crippen LogP contribution in [0.1, 0.15) is 48.0 Å². The zero-order valence-electron chi connectivity index (χ0n) is 20.1. The molecule has 0 bridgehead atoms. The minimum Gasteiger partial charge on any atom is -0.486 e. The molecule has 0 fully saturated rings. The van der Waals surface area contributed by atoms with Crippen molar-refractivity contribution in [1.29, 1.82) is 0 Å². The van der Waals surface area contributed by atoms with Gasteiger partial charge in [0.15, 0.2) is 0 Å². The van der Waals surface area contributed by atoms with Gasteiger partial charge in [-0.3, -0.25) is 0 Å². The number of carbonyl (C=O) groups is 1. The molecule has 1 N–H and O–H groups in total. The lowest BCUT2D eigenvalue weighted by Gasteiger charge is -2.36. The van der Waals surface area contributed by atoms with Crippen molar-refractivity contribution in [3.8, 4) is 5.75 Å². The first-order valence-electron chi connectivity index (χ1n) is 12.0. The van der Waals surface area contributed by atoms with E-state index >= 15 is 0 Å². The summed E-state index contributed by atoms with van der Waals surface area (Å²) in [4.78, 5) is 13.5. The second kappa shape index (κ2) is 11.0. The van der Waals surface area contributed by atoms with E-state index in [2.05, 4.69) is 49.4 Å². The number of rotatable bonds is 7. The molecule has 186 valence electrons. The highest BCUT2D eigenvalue weighted by Crippen LogP contribution is 2.39. The van der Waals surface area contributed by atoms with Crippen LogP contribution in [0, 0.1) is 5.82 Å². The van der Waals surface area contributed by atoms with Crippen molar-refractivity contribution in [1.82, 2.24) is 0 Å². The van der Waals surface area contributed by atoms with E-state index < -0.39 is 11.8 Å². The maximum Gasteiger partial charge on any atom is 0.338 e. The number of anilines is 2. The number of carboxylic acid groups (broad SMARTS) is 1. The van der Waals surface area contributed by atoms with Gasteiger partial charge in [-0.25, -0.2) is 9.18 Å². The summed E-state index contributed by atoms with van der Waals surface area (Å²) in [6, 6.07) is 27.0. The summed E-state index contributed by atoms with van der Waals surface area (Å²) in [6.45, 7) is 2.85. The lowest BCUT2D eigenvalue weighted by atomic mass is 9.90. The molecule has 4 aromatic rings. The highest BCUT2D eigenvalue weighted by molar-refractivity contribution is 5.90. The molecule has 2 atom stereocenters. The van der Waals surface area contributed by atoms with Crippen LogP contribution < -0.4 is 9.64 Å². The Labute approximate surface area is 216 Å². The molecule has 0 radical (unpaired) electrons. The Morgan fingerprint density at radius 1 is 1.06 bits per heavy atom. The van der Waals surface area contributed by atoms with E-state index in [1.807, 2.05) is 29.2 Å². The molecular weight excluding hydrogens is 477 g/mol. The van der Waals surface area contributed by atoms with Crippen molar-refractivity contribution in [2.45, 2.75) is 38.2 Å². The van der Waals surface area contributed by atoms with Gasteiger partial charge in [-0.05, 0) is 71.8 Å². The van der Waals surface area contributed by atoms with E-state index in [9.17, 15) is 14.3 Å². The van der Waals surface area contributed by atoms with Crippen molar-refractivity contribution >= 4 is 40.5 Å². The summed E-state index contributed by atoms with van der Waals surface area (Å²) in [5.74, 6) is -0.831. The normalized spacial score (nSPS) is 15.5. The SMILES string of the molecule is C[C@@H](CCCC1CN(c2ccc(F)c(C(=O)O)c2)c2ccccc2O1)c1cccc2ccccc12.Cl. The number of para-hydroxylation sites is 2. The second-order valence-electron chi connectivity index (χ2n) is 9.19. The monoisotopic (exact) mass is 505 g/mol. The third-order valence-electron chi connectivity index (χ3n) is 6.85. The summed E-state index contributed by atoms with van der Waals surface area (Å²) in [7, 11) is 0. The van der Waals surface area contributed by atoms with Gasteiger partial charge in [-0.15, -0.1) is 12.4 Å². The van der Waals surface area contributed by atoms with E-state index in [0.717, 1.165) is 30.7 Å². The molecule has 0 spiro atoms. The van der Waals surface area contributed by atoms with Gasteiger partial charge in [-0.2, -0.15) is 0 Å². The molecule has 0 aromatic heterocycles. The highest BCUT2D eigenvalue weighted by atomic mass is 35.5. The van der Waals surface area contributed by atoms with E-state index in [4.69, 9.17) is 4.74 Å². The number of aromatic carboxylic acids is 1. The number of nitrogens with zero attached hydrogens (tertiary/aromatic N) is 1. The largest absolute Gasteiger partial charge is 0.486 e. The zero-order valence-corrected chi connectivity index (χ0v) is 20.9. The van der Waals surface area contributed by atoms with Crippen LogP contribution in [0.15, 0.2) is 84.9 Å². The van der Waals surface area contributed by atoms with Crippen LogP contribution in [-0.2, 0) is 0 Å². The quantitative estimate of drug-likeness (QED) is 0.276. The van der Waals surface area contributed by atoms with Crippen molar-refractivity contribution in [3.63, 3.8) is 0 Å². The highest BCUT2D eigenvalue weighted by Gasteiger charge is 2.27. The summed E-state index contributed by atoms with van der Waals surface area (Å²) in [5, 5.41) is 12.0. The molecule has 0 aliphatic carbocycles. The molecule has 5 rings (SSSR count). The molecule has 1 heterocycles. The Kier molecular flexibility index (Phi) is 7.80. The maximum absolute atomic E-state index is 14.0. The smallest absolute Gasteiger partial charge is 0.338 e. The molecule has 4 aromatic carbocycles. The summed E-state index contributed by atoms with van der Waals surface area (Å²) >= 11 is 0. The Hall–Kier alpha value is -3.57. The Bertz CT molecular complexity index is 1370. The van der Waals surface area contributed by atoms with E-state index in [1.165, 1.54) is 28.5 Å². The van der Waals surface area contributed by atoms with Crippen LogP contribution in [0.4, 0.5) is 15.8 Å². The first-order chi connectivity index (χ1) is 17.0. The topological polar surface area (TPSA) is 49.8 Å². The number of ether oxygens (including phenoxy) is 1. The molecule has 0 saturated carbocycles. The lowest BCUT2D eigenvalue weighted by molar-refractivity contribution is 0.0692. The van der Waals surface area contributed by atoms with Crippen molar-refractivity contribution < 1.29 is 19.0 Å². The van der Waals surface area contributed by atoms with Crippen molar-refractivity contribution in [2.75, 3.05) is 11.4 Å². The van der Waals surface area contributed by atoms with Gasteiger partial charge >= 0.3 is 5.97 Å². The number of halogens is 2. The van der Waals surface area contributed by atoms with E-state index in [0.29, 0.717) is 18.2 Å². The number of hydrogen-bond donors (Lipinski definition) is 1. The number of hydrogen-bond acceptors (Lipinski definition) is 3. The fraction of sp³-hybridized carbons (Fsp3) is 0.233. The first kappa shape index (κ1) is 25.5. The van der Waals surface area contributed by atoms with Crippen LogP contribution >= 0.6 is 12.4 Å². The van der Waals surface area contributed by atoms with Crippen molar-refractivity contribution in [2.24, 2.45) is 0 Å². The van der Waals surface area contributed by atoms with Crippen LogP contribution in [0.25, 0.3) is 10.8 Å². The average Bonchev–Trinajstić information content (AvgIpc) is 2.88. The van der Waals surface area contributed by atoms with Gasteiger partial charge in [0.1, 0.15) is 17.7 Å². The summed E-state index contributed by atoms with van der Waals surface area (Å²) in [6.07, 6.45) is 2.85. The number of benzene rings is 4. The van der Waals surface area contributed by atoms with Gasteiger partial charge in [0.2, 0.25) is 0 Å². The molecular formula is C30H29ClFNO3. The summed E-state index contributed by atoms with van der Waals surface area (Å²) in [5.41, 5.74) is 2.54. The van der Waals surface area contributed by atoms with Gasteiger partial charge in [0, 0.05) is 5.69 Å². The predicted octanol–water partition coefficient (Wildman–Crippen LogP) is 7.97. The fourth-order valence-corrected chi connectivity index (χ4v) is 5.03. The minimum atomic E-state index is -1.27. The molecule has 0 saturated heterocycles. The third-order valence-corrected chi connectivity index (χ3v) is 6.85. The average molecular weight is 506 g/mol. The Balaban J connectivity index is 0.00000304. The standard InChI is InChI=1S/C30H28FNO3.ClH/c1-20(24-13-7-10-21-9-2-3-12-25(21)24)8-6-11-23-19-32(28-14-4-5-15-29(28)35-23)22-16-17-27(31)26(18-22)30(33)34;/h2-5,7,9-10,12-18,20,23H,6,8,11,19H2,1H3,(H,33,34);1H/t20-,23?;/m0./s1. The van der Waals surface area contributed by atoms with Gasteiger partial charge in [0.05, 0.1) is 17.8 Å². The van der Waals surface area contributed by atoms with Crippen LogP contribution in [0.3, 0.4) is 0 Å². The molecule has 6 heteroatoms. The van der Waals surface area contributed by atoms with Gasteiger partial charge < -0.3 is 14.7 Å².